The maximum atomic E-state index is 14.0. The Labute approximate surface area is 159 Å². The molecule has 0 saturated heterocycles. The lowest BCUT2D eigenvalue weighted by Gasteiger charge is -2.12. The first kappa shape index (κ1) is 19.0. The standard InChI is InChI=1S/C19H17FN4O4/c1-12-11-15(25)17(23-24(12)14-6-3-2-5-13(14)20)19(27)22-9-8-21-18(26)16-7-4-10-28-16/h2-7,10-11H,8-9H2,1H3,(H,21,26)(H,22,27). The van der Waals surface area contributed by atoms with Crippen LogP contribution in [0.3, 0.4) is 0 Å². The van der Waals surface area contributed by atoms with Gasteiger partial charge in [0.15, 0.2) is 11.5 Å². The lowest BCUT2D eigenvalue weighted by Crippen LogP contribution is -2.37. The number of rotatable bonds is 6. The van der Waals surface area contributed by atoms with E-state index >= 15 is 0 Å². The molecular weight excluding hydrogens is 367 g/mol. The van der Waals surface area contributed by atoms with Gasteiger partial charge in [0.05, 0.1) is 6.26 Å². The van der Waals surface area contributed by atoms with Crippen molar-refractivity contribution in [2.24, 2.45) is 0 Å². The third-order valence-corrected chi connectivity index (χ3v) is 3.84. The SMILES string of the molecule is Cc1cc(=O)c(C(=O)NCCNC(=O)c2ccco2)nn1-c1ccccc1F. The van der Waals surface area contributed by atoms with E-state index < -0.39 is 23.1 Å². The van der Waals surface area contributed by atoms with Crippen LogP contribution in [0.2, 0.25) is 0 Å². The van der Waals surface area contributed by atoms with E-state index in [-0.39, 0.29) is 30.2 Å². The summed E-state index contributed by atoms with van der Waals surface area (Å²) in [6.45, 7) is 1.78. The highest BCUT2D eigenvalue weighted by Crippen LogP contribution is 2.13. The van der Waals surface area contributed by atoms with E-state index in [1.165, 1.54) is 41.3 Å². The zero-order chi connectivity index (χ0) is 20.1. The van der Waals surface area contributed by atoms with Gasteiger partial charge in [-0.25, -0.2) is 9.07 Å². The van der Waals surface area contributed by atoms with Gasteiger partial charge in [0.2, 0.25) is 5.43 Å². The van der Waals surface area contributed by atoms with Crippen molar-refractivity contribution in [3.05, 3.63) is 81.9 Å². The Balaban J connectivity index is 1.68. The predicted octanol–water partition coefficient (Wildman–Crippen LogP) is 1.43. The minimum absolute atomic E-state index is 0.0694. The van der Waals surface area contributed by atoms with Crippen LogP contribution in [0.5, 0.6) is 0 Å². The van der Waals surface area contributed by atoms with E-state index in [9.17, 15) is 18.8 Å². The van der Waals surface area contributed by atoms with Gasteiger partial charge in [-0.3, -0.25) is 14.4 Å². The Kier molecular flexibility index (Phi) is 5.64. The van der Waals surface area contributed by atoms with Crippen molar-refractivity contribution in [3.8, 4) is 5.69 Å². The molecule has 0 fully saturated rings. The molecule has 0 spiro atoms. The van der Waals surface area contributed by atoms with Crippen molar-refractivity contribution >= 4 is 11.8 Å². The Morgan fingerprint density at radius 3 is 2.50 bits per heavy atom. The number of nitrogens with zero attached hydrogens (tertiary/aromatic N) is 2. The molecule has 2 heterocycles. The van der Waals surface area contributed by atoms with Crippen LogP contribution in [-0.4, -0.2) is 34.7 Å². The zero-order valence-corrected chi connectivity index (χ0v) is 14.9. The molecule has 0 aliphatic heterocycles. The van der Waals surface area contributed by atoms with Gasteiger partial charge in [-0.05, 0) is 31.2 Å². The largest absolute Gasteiger partial charge is 0.459 e. The number of para-hydroxylation sites is 1. The highest BCUT2D eigenvalue weighted by molar-refractivity contribution is 5.92. The van der Waals surface area contributed by atoms with Crippen LogP contribution >= 0.6 is 0 Å². The van der Waals surface area contributed by atoms with Crippen LogP contribution in [0.1, 0.15) is 26.7 Å². The van der Waals surface area contributed by atoms with Gasteiger partial charge in [0, 0.05) is 24.8 Å². The molecule has 28 heavy (non-hydrogen) atoms. The van der Waals surface area contributed by atoms with Gasteiger partial charge >= 0.3 is 0 Å². The lowest BCUT2D eigenvalue weighted by atomic mass is 10.2. The number of furan rings is 1. The Morgan fingerprint density at radius 1 is 1.11 bits per heavy atom. The summed E-state index contributed by atoms with van der Waals surface area (Å²) >= 11 is 0. The van der Waals surface area contributed by atoms with E-state index in [1.807, 2.05) is 0 Å². The number of hydrogen-bond donors (Lipinski definition) is 2. The van der Waals surface area contributed by atoms with Crippen LogP contribution in [-0.2, 0) is 0 Å². The molecule has 1 aromatic carbocycles. The molecule has 0 bridgehead atoms. The quantitative estimate of drug-likeness (QED) is 0.626. The number of nitrogens with one attached hydrogen (secondary N) is 2. The van der Waals surface area contributed by atoms with E-state index in [0.717, 1.165) is 0 Å². The molecule has 0 radical (unpaired) electrons. The smallest absolute Gasteiger partial charge is 0.287 e. The number of aryl methyl sites for hydroxylation is 1. The average molecular weight is 384 g/mol. The predicted molar refractivity (Wildman–Crippen MR) is 97.9 cm³/mol. The number of benzene rings is 1. The van der Waals surface area contributed by atoms with Crippen LogP contribution < -0.4 is 16.1 Å². The van der Waals surface area contributed by atoms with Gasteiger partial charge in [0.25, 0.3) is 11.8 Å². The first-order valence-corrected chi connectivity index (χ1v) is 8.43. The van der Waals surface area contributed by atoms with Crippen molar-refractivity contribution in [2.75, 3.05) is 13.1 Å². The molecule has 3 rings (SSSR count). The maximum Gasteiger partial charge on any atom is 0.287 e. The molecular formula is C19H17FN4O4. The maximum absolute atomic E-state index is 14.0. The van der Waals surface area contributed by atoms with Gasteiger partial charge in [-0.2, -0.15) is 5.10 Å². The molecule has 2 amide bonds. The highest BCUT2D eigenvalue weighted by Gasteiger charge is 2.16. The minimum Gasteiger partial charge on any atom is -0.459 e. The molecule has 2 aromatic heterocycles. The molecule has 0 aliphatic rings. The van der Waals surface area contributed by atoms with Crippen LogP contribution in [0.4, 0.5) is 4.39 Å². The van der Waals surface area contributed by atoms with E-state index in [4.69, 9.17) is 4.42 Å². The Bertz CT molecular complexity index is 1060. The number of carbonyl (C=O) groups excluding carboxylic acids is 2. The monoisotopic (exact) mass is 384 g/mol. The molecule has 144 valence electrons. The molecule has 0 atom stereocenters. The van der Waals surface area contributed by atoms with Crippen molar-refractivity contribution in [1.29, 1.82) is 0 Å². The van der Waals surface area contributed by atoms with E-state index in [0.29, 0.717) is 5.69 Å². The summed E-state index contributed by atoms with van der Waals surface area (Å²) in [5.41, 5.74) is -0.439. The second-order valence-electron chi connectivity index (χ2n) is 5.85. The van der Waals surface area contributed by atoms with Crippen molar-refractivity contribution in [3.63, 3.8) is 0 Å². The van der Waals surface area contributed by atoms with Gasteiger partial charge in [-0.15, -0.1) is 0 Å². The second-order valence-corrected chi connectivity index (χ2v) is 5.85. The summed E-state index contributed by atoms with van der Waals surface area (Å²) < 4.78 is 20.2. The van der Waals surface area contributed by atoms with Gasteiger partial charge in [-0.1, -0.05) is 12.1 Å². The van der Waals surface area contributed by atoms with Crippen LogP contribution in [0.25, 0.3) is 5.69 Å². The second kappa shape index (κ2) is 8.30. The fraction of sp³-hybridized carbons (Fsp3) is 0.158. The molecule has 0 aliphatic carbocycles. The number of aromatic nitrogens is 2. The fourth-order valence-electron chi connectivity index (χ4n) is 2.50. The highest BCUT2D eigenvalue weighted by atomic mass is 19.1. The first-order valence-electron chi connectivity index (χ1n) is 8.43. The van der Waals surface area contributed by atoms with Gasteiger partial charge in [0.1, 0.15) is 11.5 Å². The molecule has 2 N–H and O–H groups in total. The third kappa shape index (κ3) is 4.14. The molecule has 9 heteroatoms. The normalized spacial score (nSPS) is 10.5. The fourth-order valence-corrected chi connectivity index (χ4v) is 2.50. The summed E-state index contributed by atoms with van der Waals surface area (Å²) in [5.74, 6) is -1.52. The van der Waals surface area contributed by atoms with Crippen molar-refractivity contribution < 1.29 is 18.4 Å². The summed E-state index contributed by atoms with van der Waals surface area (Å²) in [5, 5.41) is 9.07. The molecule has 0 unspecified atom stereocenters. The third-order valence-electron chi connectivity index (χ3n) is 3.84. The van der Waals surface area contributed by atoms with Crippen molar-refractivity contribution in [2.45, 2.75) is 6.92 Å². The number of halogens is 1. The first-order chi connectivity index (χ1) is 13.5. The zero-order valence-electron chi connectivity index (χ0n) is 14.9. The van der Waals surface area contributed by atoms with Crippen LogP contribution in [0.15, 0.2) is 57.9 Å². The summed E-state index contributed by atoms with van der Waals surface area (Å²) in [7, 11) is 0. The number of carbonyl (C=O) groups is 2. The Morgan fingerprint density at radius 2 is 1.82 bits per heavy atom. The number of amides is 2. The number of hydrogen-bond acceptors (Lipinski definition) is 5. The summed E-state index contributed by atoms with van der Waals surface area (Å²) in [6.07, 6.45) is 1.38. The lowest BCUT2D eigenvalue weighted by molar-refractivity contribution is 0.0908. The van der Waals surface area contributed by atoms with Crippen LogP contribution in [0, 0.1) is 12.7 Å². The minimum atomic E-state index is -0.720. The topological polar surface area (TPSA) is 106 Å². The van der Waals surface area contributed by atoms with E-state index in [1.54, 1.807) is 19.1 Å². The molecule has 3 aromatic rings. The Hall–Kier alpha value is -3.75. The molecule has 0 saturated carbocycles. The summed E-state index contributed by atoms with van der Waals surface area (Å²) in [4.78, 5) is 36.2. The molecule has 8 nitrogen and oxygen atoms in total. The average Bonchev–Trinajstić information content (AvgIpc) is 3.21. The summed E-state index contributed by atoms with van der Waals surface area (Å²) in [6, 6.07) is 10.2. The van der Waals surface area contributed by atoms with E-state index in [2.05, 4.69) is 15.7 Å². The van der Waals surface area contributed by atoms with Gasteiger partial charge < -0.3 is 15.1 Å². The van der Waals surface area contributed by atoms with Crippen molar-refractivity contribution in [1.82, 2.24) is 20.4 Å².